The molecule has 5 nitrogen and oxygen atoms in total. The summed E-state index contributed by atoms with van der Waals surface area (Å²) in [5, 5.41) is 20.1. The number of phenolic OH excluding ortho intramolecular Hbond substituents is 2. The predicted molar refractivity (Wildman–Crippen MR) is 93.5 cm³/mol. The number of carbonyl (C=O) groups excluding carboxylic acids is 1. The lowest BCUT2D eigenvalue weighted by Crippen LogP contribution is -3.41. The topological polar surface area (TPSA) is 66.4 Å². The maximum atomic E-state index is 13.5. The molecule has 4 heterocycles. The molecule has 0 amide bonds. The van der Waals surface area contributed by atoms with Crippen LogP contribution in [0.4, 0.5) is 0 Å². The number of ketones is 1. The van der Waals surface area contributed by atoms with Crippen molar-refractivity contribution in [3.8, 4) is 11.5 Å². The second-order valence-corrected chi connectivity index (χ2v) is 9.15. The average molecular weight is 346 g/mol. The number of benzene rings is 1. The predicted octanol–water partition coefficient (Wildman–Crippen LogP) is -0.239. The number of Topliss-reactive ketones (excluding diaryl/α,β-unsaturated/α-hetero) is 1. The number of rotatable bonds is 3. The van der Waals surface area contributed by atoms with E-state index in [9.17, 15) is 15.0 Å². The molecule has 5 heteroatoms. The Morgan fingerprint density at radius 2 is 1.44 bits per heavy atom. The smallest absolute Gasteiger partial charge is 0.243 e. The fourth-order valence-electron chi connectivity index (χ4n) is 5.94. The lowest BCUT2D eigenvalue weighted by molar-refractivity contribution is -1.18. The van der Waals surface area contributed by atoms with Crippen LogP contribution < -0.4 is 9.80 Å². The second-order valence-electron chi connectivity index (χ2n) is 9.15. The molecule has 4 saturated heterocycles. The molecule has 0 radical (unpaired) electrons. The Bertz CT molecular complexity index is 682. The fraction of sp³-hybridized carbons (Fsp3) is 0.650. The van der Waals surface area contributed by atoms with Crippen LogP contribution in [0.2, 0.25) is 0 Å². The van der Waals surface area contributed by atoms with Crippen LogP contribution in [0.1, 0.15) is 39.4 Å². The molecule has 25 heavy (non-hydrogen) atoms. The summed E-state index contributed by atoms with van der Waals surface area (Å²) in [4.78, 5) is 16.4. The molecule has 4 fully saturated rings. The maximum absolute atomic E-state index is 13.5. The number of hydrogen-bond donors (Lipinski definition) is 4. The van der Waals surface area contributed by atoms with Crippen molar-refractivity contribution < 1.29 is 24.8 Å². The van der Waals surface area contributed by atoms with Gasteiger partial charge in [-0.15, -0.1) is 0 Å². The van der Waals surface area contributed by atoms with E-state index >= 15 is 0 Å². The van der Waals surface area contributed by atoms with Crippen LogP contribution in [-0.4, -0.2) is 42.2 Å². The Kier molecular flexibility index (Phi) is 3.51. The summed E-state index contributed by atoms with van der Waals surface area (Å²) in [6.45, 7) is 12.2. The van der Waals surface area contributed by atoms with Gasteiger partial charge in [0.25, 0.3) is 0 Å². The van der Waals surface area contributed by atoms with Crippen LogP contribution in [0.5, 0.6) is 11.5 Å². The summed E-state index contributed by atoms with van der Waals surface area (Å²) in [5.41, 5.74) is 0.412. The van der Waals surface area contributed by atoms with Gasteiger partial charge in [0, 0.05) is 6.07 Å². The van der Waals surface area contributed by atoms with Gasteiger partial charge in [-0.1, -0.05) is 27.7 Å². The molecule has 1 aromatic carbocycles. The van der Waals surface area contributed by atoms with Gasteiger partial charge in [-0.05, 0) is 24.0 Å². The van der Waals surface area contributed by atoms with Crippen LogP contribution in [0.3, 0.4) is 0 Å². The Morgan fingerprint density at radius 3 is 1.84 bits per heavy atom. The van der Waals surface area contributed by atoms with Gasteiger partial charge in [-0.2, -0.15) is 0 Å². The maximum Gasteiger partial charge on any atom is 0.243 e. The molecule has 0 aliphatic carbocycles. The SMILES string of the molecule is CC(C)C12C[NH+]3CC(C(C)C)(C[NH+](C1)C3c1ccc(O)cc1O)C2=O. The minimum absolute atomic E-state index is 0.0903. The largest absolute Gasteiger partial charge is 0.508 e. The van der Waals surface area contributed by atoms with E-state index in [1.54, 1.807) is 6.07 Å². The highest BCUT2D eigenvalue weighted by Crippen LogP contribution is 2.45. The van der Waals surface area contributed by atoms with Crippen LogP contribution in [0, 0.1) is 22.7 Å². The molecule has 0 spiro atoms. The van der Waals surface area contributed by atoms with Crippen molar-refractivity contribution in [2.75, 3.05) is 26.2 Å². The standard InChI is InChI=1S/C20H28N2O3/c1-12(2)19-8-21-10-20(13(3)4,18(19)25)11-22(9-19)17(21)15-6-5-14(23)7-16(15)24/h5-7,12-13,17,23-24H,8-11H2,1-4H3/p+2. The molecule has 0 unspecified atom stereocenters. The summed E-state index contributed by atoms with van der Waals surface area (Å²) >= 11 is 0. The molecule has 5 rings (SSSR count). The molecule has 1 aromatic rings. The van der Waals surface area contributed by atoms with E-state index in [1.165, 1.54) is 15.9 Å². The third-order valence-electron chi connectivity index (χ3n) is 7.43. The molecule has 4 aliphatic heterocycles. The molecule has 4 N–H and O–H groups in total. The van der Waals surface area contributed by atoms with E-state index in [-0.39, 0.29) is 28.5 Å². The Balaban J connectivity index is 1.80. The highest BCUT2D eigenvalue weighted by molar-refractivity contribution is 5.92. The summed E-state index contributed by atoms with van der Waals surface area (Å²) in [5.74, 6) is 1.41. The van der Waals surface area contributed by atoms with Gasteiger partial charge < -0.3 is 10.2 Å². The first kappa shape index (κ1) is 16.9. The van der Waals surface area contributed by atoms with Crippen LogP contribution >= 0.6 is 0 Å². The first-order valence-corrected chi connectivity index (χ1v) is 9.47. The summed E-state index contributed by atoms with van der Waals surface area (Å²) < 4.78 is 0. The molecule has 0 atom stereocenters. The van der Waals surface area contributed by atoms with Crippen LogP contribution in [0.25, 0.3) is 0 Å². The number of hydrogen-bond acceptors (Lipinski definition) is 3. The Labute approximate surface area is 149 Å². The number of phenols is 2. The molecule has 136 valence electrons. The zero-order valence-electron chi connectivity index (χ0n) is 15.6. The van der Waals surface area contributed by atoms with Gasteiger partial charge in [-0.3, -0.25) is 14.6 Å². The zero-order valence-corrected chi connectivity index (χ0v) is 15.6. The van der Waals surface area contributed by atoms with E-state index in [4.69, 9.17) is 0 Å². The van der Waals surface area contributed by atoms with Gasteiger partial charge >= 0.3 is 0 Å². The van der Waals surface area contributed by atoms with Gasteiger partial charge in [0.1, 0.15) is 54.1 Å². The molecule has 0 saturated carbocycles. The Morgan fingerprint density at radius 1 is 0.960 bits per heavy atom. The van der Waals surface area contributed by atoms with Crippen molar-refractivity contribution in [3.05, 3.63) is 23.8 Å². The molecule has 4 aliphatic rings. The van der Waals surface area contributed by atoms with Crippen LogP contribution in [0.15, 0.2) is 18.2 Å². The van der Waals surface area contributed by atoms with Gasteiger partial charge in [0.05, 0.1) is 0 Å². The molecular weight excluding hydrogens is 316 g/mol. The molecule has 0 aromatic heterocycles. The average Bonchev–Trinajstić information content (AvgIpc) is 2.51. The van der Waals surface area contributed by atoms with Gasteiger partial charge in [0.2, 0.25) is 6.17 Å². The third-order valence-corrected chi connectivity index (χ3v) is 7.43. The summed E-state index contributed by atoms with van der Waals surface area (Å²) in [6.07, 6.45) is 0.146. The van der Waals surface area contributed by atoms with Gasteiger partial charge in [0.15, 0.2) is 5.78 Å². The van der Waals surface area contributed by atoms with E-state index in [1.807, 2.05) is 6.07 Å². The van der Waals surface area contributed by atoms with E-state index < -0.39 is 0 Å². The van der Waals surface area contributed by atoms with Crippen molar-refractivity contribution in [1.29, 1.82) is 0 Å². The minimum Gasteiger partial charge on any atom is -0.508 e. The monoisotopic (exact) mass is 346 g/mol. The number of aromatic hydroxyl groups is 2. The summed E-state index contributed by atoms with van der Waals surface area (Å²) in [7, 11) is 0. The number of nitrogens with one attached hydrogen (secondary N) is 2. The zero-order chi connectivity index (χ0) is 18.1. The molecule has 4 bridgehead atoms. The number of quaternary nitrogens is 2. The minimum atomic E-state index is -0.242. The lowest BCUT2D eigenvalue weighted by atomic mass is 9.53. The van der Waals surface area contributed by atoms with E-state index in [0.29, 0.717) is 17.6 Å². The van der Waals surface area contributed by atoms with Crippen LogP contribution in [-0.2, 0) is 4.79 Å². The lowest BCUT2D eigenvalue weighted by Gasteiger charge is -2.62. The van der Waals surface area contributed by atoms with Crippen molar-refractivity contribution in [3.63, 3.8) is 0 Å². The van der Waals surface area contributed by atoms with E-state index in [0.717, 1.165) is 31.7 Å². The van der Waals surface area contributed by atoms with Crippen molar-refractivity contribution in [1.82, 2.24) is 0 Å². The van der Waals surface area contributed by atoms with Gasteiger partial charge in [-0.25, -0.2) is 0 Å². The Hall–Kier alpha value is -1.59. The summed E-state index contributed by atoms with van der Waals surface area (Å²) in [6, 6.07) is 4.94. The highest BCUT2D eigenvalue weighted by atomic mass is 16.3. The third kappa shape index (κ3) is 2.05. The molecular formula is C20H30N2O3+2. The first-order valence-electron chi connectivity index (χ1n) is 9.47. The number of carbonyl (C=O) groups is 1. The first-order chi connectivity index (χ1) is 11.7. The number of piperidine rings is 2. The van der Waals surface area contributed by atoms with Crippen molar-refractivity contribution in [2.45, 2.75) is 33.9 Å². The van der Waals surface area contributed by atoms with Crippen molar-refractivity contribution in [2.24, 2.45) is 22.7 Å². The second kappa shape index (κ2) is 5.21. The highest BCUT2D eigenvalue weighted by Gasteiger charge is 2.73. The van der Waals surface area contributed by atoms with E-state index in [2.05, 4.69) is 27.7 Å². The van der Waals surface area contributed by atoms with Crippen molar-refractivity contribution >= 4 is 5.78 Å². The fourth-order valence-corrected chi connectivity index (χ4v) is 5.94. The normalized spacial score (nSPS) is 39.6. The quantitative estimate of drug-likeness (QED) is 0.611.